The number of thioether (sulfide) groups is 1. The molecule has 4 rings (SSSR count). The van der Waals surface area contributed by atoms with Gasteiger partial charge in [-0.3, -0.25) is 9.20 Å². The first-order chi connectivity index (χ1) is 14.4. The summed E-state index contributed by atoms with van der Waals surface area (Å²) in [6.45, 7) is 8.30. The van der Waals surface area contributed by atoms with Crippen molar-refractivity contribution in [1.29, 1.82) is 0 Å². The van der Waals surface area contributed by atoms with Crippen molar-refractivity contribution in [2.24, 2.45) is 0 Å². The molecule has 2 heterocycles. The Bertz CT molecular complexity index is 1250. The normalized spacial score (nSPS) is 12.4. The molecule has 0 radical (unpaired) electrons. The van der Waals surface area contributed by atoms with Crippen LogP contribution in [0.15, 0.2) is 47.6 Å². The van der Waals surface area contributed by atoms with E-state index in [9.17, 15) is 4.79 Å². The van der Waals surface area contributed by atoms with E-state index in [0.717, 1.165) is 22.0 Å². The molecule has 0 aliphatic rings. The van der Waals surface area contributed by atoms with E-state index < -0.39 is 0 Å². The second-order valence-corrected chi connectivity index (χ2v) is 9.10. The Hall–Kier alpha value is -2.57. The average molecular weight is 439 g/mol. The van der Waals surface area contributed by atoms with Crippen LogP contribution < -0.4 is 5.32 Å². The molecule has 1 atom stereocenters. The van der Waals surface area contributed by atoms with Gasteiger partial charge in [0.15, 0.2) is 10.8 Å². The molecule has 4 aromatic rings. The monoisotopic (exact) mass is 438 g/mol. The van der Waals surface area contributed by atoms with E-state index in [-0.39, 0.29) is 11.2 Å². The molecule has 0 fully saturated rings. The van der Waals surface area contributed by atoms with Crippen molar-refractivity contribution in [1.82, 2.24) is 14.6 Å². The number of fused-ring (bicyclic) bond motifs is 3. The summed E-state index contributed by atoms with van der Waals surface area (Å²) in [7, 11) is 0. The Kier molecular flexibility index (Phi) is 5.71. The molecule has 0 spiro atoms. The summed E-state index contributed by atoms with van der Waals surface area (Å²) in [5.41, 5.74) is 6.17. The van der Waals surface area contributed by atoms with Gasteiger partial charge in [0.25, 0.3) is 0 Å². The molecule has 7 heteroatoms. The minimum absolute atomic E-state index is 0.0643. The predicted octanol–water partition coefficient (Wildman–Crippen LogP) is 5.97. The number of carbonyl (C=O) groups excluding carboxylic acids is 1. The first kappa shape index (κ1) is 20.7. The van der Waals surface area contributed by atoms with Crippen molar-refractivity contribution < 1.29 is 4.79 Å². The average Bonchev–Trinajstić information content (AvgIpc) is 3.09. The van der Waals surface area contributed by atoms with Crippen LogP contribution in [0, 0.1) is 20.8 Å². The second-order valence-electron chi connectivity index (χ2n) is 7.49. The van der Waals surface area contributed by atoms with Gasteiger partial charge in [-0.15, -0.1) is 10.2 Å². The number of rotatable bonds is 5. The molecular formula is C23H23ClN4OS. The Morgan fingerprint density at radius 3 is 2.53 bits per heavy atom. The standard InChI is InChI=1S/C23H23ClN4OS/c1-5-19(22(29)25-17-8-6-16(24)7-9-17)30-23-27-26-20-12-14(3)18-11-13(2)10-15(4)21(18)28(20)23/h6-12,19H,5H2,1-4H3,(H,25,29). The molecule has 1 amide bonds. The van der Waals surface area contributed by atoms with Gasteiger partial charge in [-0.25, -0.2) is 0 Å². The summed E-state index contributed by atoms with van der Waals surface area (Å²) >= 11 is 7.38. The van der Waals surface area contributed by atoms with Crippen LogP contribution in [0.5, 0.6) is 0 Å². The molecule has 154 valence electrons. The Labute approximate surface area is 184 Å². The van der Waals surface area contributed by atoms with Gasteiger partial charge in [0.1, 0.15) is 0 Å². The SMILES string of the molecule is CCC(Sc1nnc2cc(C)c3cc(C)cc(C)c3n12)C(=O)Nc1ccc(Cl)cc1. The molecule has 0 saturated carbocycles. The number of aromatic nitrogens is 3. The summed E-state index contributed by atoms with van der Waals surface area (Å²) in [5, 5.41) is 14.0. The molecule has 2 aromatic carbocycles. The van der Waals surface area contributed by atoms with Gasteiger partial charge in [-0.05, 0) is 74.7 Å². The van der Waals surface area contributed by atoms with Crippen LogP contribution in [0.3, 0.4) is 0 Å². The molecule has 5 nitrogen and oxygen atoms in total. The van der Waals surface area contributed by atoms with Crippen molar-refractivity contribution in [3.05, 3.63) is 64.2 Å². The number of halogens is 1. The first-order valence-corrected chi connectivity index (χ1v) is 11.1. The number of benzene rings is 2. The van der Waals surface area contributed by atoms with Gasteiger partial charge in [-0.1, -0.05) is 41.9 Å². The summed E-state index contributed by atoms with van der Waals surface area (Å²) in [5.74, 6) is -0.0643. The third kappa shape index (κ3) is 3.89. The van der Waals surface area contributed by atoms with E-state index in [1.54, 1.807) is 24.3 Å². The predicted molar refractivity (Wildman–Crippen MR) is 125 cm³/mol. The van der Waals surface area contributed by atoms with Crippen molar-refractivity contribution >= 4 is 51.5 Å². The lowest BCUT2D eigenvalue weighted by atomic mass is 10.0. The summed E-state index contributed by atoms with van der Waals surface area (Å²) in [6, 6.07) is 13.5. The quantitative estimate of drug-likeness (QED) is 0.390. The van der Waals surface area contributed by atoms with E-state index in [0.29, 0.717) is 11.4 Å². The highest BCUT2D eigenvalue weighted by Crippen LogP contribution is 2.31. The smallest absolute Gasteiger partial charge is 0.237 e. The van der Waals surface area contributed by atoms with Gasteiger partial charge >= 0.3 is 0 Å². The van der Waals surface area contributed by atoms with Crippen LogP contribution >= 0.6 is 23.4 Å². The third-order valence-electron chi connectivity index (χ3n) is 5.12. The Balaban J connectivity index is 1.71. The molecule has 1 N–H and O–H groups in total. The maximum Gasteiger partial charge on any atom is 0.237 e. The molecule has 0 aliphatic heterocycles. The van der Waals surface area contributed by atoms with Crippen LogP contribution in [0.25, 0.3) is 16.6 Å². The lowest BCUT2D eigenvalue weighted by Gasteiger charge is -2.15. The lowest BCUT2D eigenvalue weighted by molar-refractivity contribution is -0.115. The molecule has 2 aromatic heterocycles. The van der Waals surface area contributed by atoms with Crippen LogP contribution in [0.1, 0.15) is 30.0 Å². The van der Waals surface area contributed by atoms with E-state index in [1.807, 2.05) is 13.0 Å². The van der Waals surface area contributed by atoms with Gasteiger partial charge in [-0.2, -0.15) is 0 Å². The highest BCUT2D eigenvalue weighted by Gasteiger charge is 2.22. The molecule has 0 saturated heterocycles. The maximum absolute atomic E-state index is 12.9. The summed E-state index contributed by atoms with van der Waals surface area (Å²) in [4.78, 5) is 12.9. The summed E-state index contributed by atoms with van der Waals surface area (Å²) in [6.07, 6.45) is 0.668. The Morgan fingerprint density at radius 2 is 1.83 bits per heavy atom. The van der Waals surface area contributed by atoms with Gasteiger partial charge in [0.05, 0.1) is 10.8 Å². The number of carbonyl (C=O) groups is 1. The minimum atomic E-state index is -0.296. The van der Waals surface area contributed by atoms with Crippen molar-refractivity contribution in [2.45, 2.75) is 44.5 Å². The third-order valence-corrected chi connectivity index (χ3v) is 6.68. The van der Waals surface area contributed by atoms with Crippen LogP contribution in [0.4, 0.5) is 5.69 Å². The number of pyridine rings is 1. The second kappa shape index (κ2) is 8.28. The number of nitrogens with zero attached hydrogens (tertiary/aromatic N) is 3. The lowest BCUT2D eigenvalue weighted by Crippen LogP contribution is -2.24. The first-order valence-electron chi connectivity index (χ1n) is 9.86. The fourth-order valence-corrected chi connectivity index (χ4v) is 4.79. The fourth-order valence-electron chi connectivity index (χ4n) is 3.70. The van der Waals surface area contributed by atoms with Crippen molar-refractivity contribution in [3.8, 4) is 0 Å². The van der Waals surface area contributed by atoms with Crippen molar-refractivity contribution in [3.63, 3.8) is 0 Å². The van der Waals surface area contributed by atoms with Gasteiger partial charge in [0, 0.05) is 16.1 Å². The zero-order valence-electron chi connectivity index (χ0n) is 17.4. The van der Waals surface area contributed by atoms with E-state index in [2.05, 4.69) is 52.8 Å². The highest BCUT2D eigenvalue weighted by molar-refractivity contribution is 8.00. The van der Waals surface area contributed by atoms with Crippen LogP contribution in [0.2, 0.25) is 5.02 Å². The van der Waals surface area contributed by atoms with Crippen LogP contribution in [-0.2, 0) is 4.79 Å². The highest BCUT2D eigenvalue weighted by atomic mass is 35.5. The zero-order chi connectivity index (χ0) is 21.4. The van der Waals surface area contributed by atoms with Gasteiger partial charge in [0.2, 0.25) is 5.91 Å². The number of nitrogens with one attached hydrogen (secondary N) is 1. The minimum Gasteiger partial charge on any atom is -0.325 e. The molecule has 0 aliphatic carbocycles. The molecule has 0 bridgehead atoms. The number of hydrogen-bond acceptors (Lipinski definition) is 4. The van der Waals surface area contributed by atoms with Crippen LogP contribution in [-0.4, -0.2) is 25.8 Å². The largest absolute Gasteiger partial charge is 0.325 e. The van der Waals surface area contributed by atoms with E-state index in [1.165, 1.54) is 33.8 Å². The number of anilines is 1. The Morgan fingerprint density at radius 1 is 1.10 bits per heavy atom. The number of amides is 1. The van der Waals surface area contributed by atoms with E-state index in [4.69, 9.17) is 11.6 Å². The van der Waals surface area contributed by atoms with Crippen molar-refractivity contribution in [2.75, 3.05) is 5.32 Å². The fraction of sp³-hybridized carbons (Fsp3) is 0.261. The molecule has 30 heavy (non-hydrogen) atoms. The zero-order valence-corrected chi connectivity index (χ0v) is 18.9. The van der Waals surface area contributed by atoms with E-state index >= 15 is 0 Å². The topological polar surface area (TPSA) is 59.3 Å². The summed E-state index contributed by atoms with van der Waals surface area (Å²) < 4.78 is 2.07. The maximum atomic E-state index is 12.9. The van der Waals surface area contributed by atoms with Gasteiger partial charge < -0.3 is 5.32 Å². The number of hydrogen-bond donors (Lipinski definition) is 1. The number of aryl methyl sites for hydroxylation is 3. The molecule has 1 unspecified atom stereocenters. The molecular weight excluding hydrogens is 416 g/mol.